The van der Waals surface area contributed by atoms with Crippen LogP contribution in [0.4, 0.5) is 5.69 Å². The van der Waals surface area contributed by atoms with Gasteiger partial charge in [-0.1, -0.05) is 71.7 Å². The number of hydrogen-bond donors (Lipinski definition) is 2. The van der Waals surface area contributed by atoms with E-state index in [1.807, 2.05) is 60.4 Å². The number of phenolic OH excluding ortho intramolecular Hbond substituents is 1. The molecule has 28 heavy (non-hydrogen) atoms. The quantitative estimate of drug-likeness (QED) is 0.443. The number of hydrogen-bond acceptors (Lipinski definition) is 2. The largest absolute Gasteiger partial charge is 0.508 e. The van der Waals surface area contributed by atoms with E-state index >= 15 is 0 Å². The van der Waals surface area contributed by atoms with Gasteiger partial charge in [-0.15, -0.1) is 0 Å². The molecule has 144 valence electrons. The van der Waals surface area contributed by atoms with Crippen molar-refractivity contribution in [1.82, 2.24) is 4.90 Å². The van der Waals surface area contributed by atoms with Crippen LogP contribution in [0.3, 0.4) is 0 Å². The molecule has 0 bridgehead atoms. The van der Waals surface area contributed by atoms with Crippen molar-refractivity contribution >= 4 is 46.2 Å². The maximum absolute atomic E-state index is 10.3. The molecule has 0 saturated heterocycles. The summed E-state index contributed by atoms with van der Waals surface area (Å²) in [6.07, 6.45) is 0. The van der Waals surface area contributed by atoms with Gasteiger partial charge in [-0.05, 0) is 49.0 Å². The van der Waals surface area contributed by atoms with Crippen LogP contribution in [0.2, 0.25) is 10.0 Å². The van der Waals surface area contributed by atoms with Crippen LogP contribution in [0.1, 0.15) is 24.1 Å². The van der Waals surface area contributed by atoms with E-state index in [-0.39, 0.29) is 11.8 Å². The Labute approximate surface area is 180 Å². The maximum atomic E-state index is 10.3. The lowest BCUT2D eigenvalue weighted by molar-refractivity contribution is 0.324. The Morgan fingerprint density at radius 3 is 2.36 bits per heavy atom. The molecule has 0 spiro atoms. The van der Waals surface area contributed by atoms with Gasteiger partial charge in [-0.3, -0.25) is 0 Å². The van der Waals surface area contributed by atoms with E-state index in [1.54, 1.807) is 24.3 Å². The van der Waals surface area contributed by atoms with Crippen molar-refractivity contribution < 1.29 is 5.11 Å². The van der Waals surface area contributed by atoms with Gasteiger partial charge in [-0.2, -0.15) is 0 Å². The molecule has 2 N–H and O–H groups in total. The first-order valence-corrected chi connectivity index (χ1v) is 9.96. The molecular weight excluding hydrogens is 411 g/mol. The Balaban J connectivity index is 1.89. The van der Waals surface area contributed by atoms with Gasteiger partial charge in [0.05, 0.1) is 16.1 Å². The predicted molar refractivity (Wildman–Crippen MR) is 121 cm³/mol. The Kier molecular flexibility index (Phi) is 6.79. The van der Waals surface area contributed by atoms with Gasteiger partial charge in [0.1, 0.15) is 5.75 Å². The van der Waals surface area contributed by atoms with Gasteiger partial charge in [0.2, 0.25) is 0 Å². The van der Waals surface area contributed by atoms with Gasteiger partial charge in [-0.25, -0.2) is 0 Å². The van der Waals surface area contributed by atoms with E-state index in [0.29, 0.717) is 21.7 Å². The van der Waals surface area contributed by atoms with Crippen molar-refractivity contribution in [3.05, 3.63) is 94.0 Å². The summed E-state index contributed by atoms with van der Waals surface area (Å²) >= 11 is 17.8. The molecule has 0 fully saturated rings. The van der Waals surface area contributed by atoms with Crippen LogP contribution < -0.4 is 5.32 Å². The third-order valence-electron chi connectivity index (χ3n) is 4.48. The van der Waals surface area contributed by atoms with Crippen LogP contribution in [-0.4, -0.2) is 15.1 Å². The monoisotopic (exact) mass is 430 g/mol. The summed E-state index contributed by atoms with van der Waals surface area (Å²) in [7, 11) is 0. The van der Waals surface area contributed by atoms with Gasteiger partial charge in [0.15, 0.2) is 5.11 Å². The fourth-order valence-electron chi connectivity index (χ4n) is 2.94. The van der Waals surface area contributed by atoms with Crippen molar-refractivity contribution in [2.24, 2.45) is 0 Å². The van der Waals surface area contributed by atoms with Crippen molar-refractivity contribution in [3.63, 3.8) is 0 Å². The number of rotatable bonds is 5. The third-order valence-corrected chi connectivity index (χ3v) is 5.56. The summed E-state index contributed by atoms with van der Waals surface area (Å²) in [6.45, 7) is 2.60. The fraction of sp³-hybridized carbons (Fsp3) is 0.136. The van der Waals surface area contributed by atoms with Crippen LogP contribution in [0.25, 0.3) is 0 Å². The standard InChI is InChI=1S/C22H20Cl2N2OS/c1-15(18-9-5-6-10-21(18)27)26(14-16-7-3-2-4-8-16)22(28)25-17-11-12-19(23)20(24)13-17/h2-13,15,27H,14H2,1H3,(H,25,28)/t15-/m1/s1. The molecule has 0 aliphatic heterocycles. The van der Waals surface area contributed by atoms with Gasteiger partial charge < -0.3 is 15.3 Å². The first kappa shape index (κ1) is 20.5. The number of nitrogens with zero attached hydrogens (tertiary/aromatic N) is 1. The molecule has 1 atom stereocenters. The Morgan fingerprint density at radius 2 is 1.68 bits per heavy atom. The summed E-state index contributed by atoms with van der Waals surface area (Å²) in [5.74, 6) is 0.241. The van der Waals surface area contributed by atoms with Gasteiger partial charge in [0.25, 0.3) is 0 Å². The zero-order chi connectivity index (χ0) is 20.1. The van der Waals surface area contributed by atoms with Crippen molar-refractivity contribution in [3.8, 4) is 5.75 Å². The van der Waals surface area contributed by atoms with Crippen LogP contribution >= 0.6 is 35.4 Å². The topological polar surface area (TPSA) is 35.5 Å². The molecule has 3 nitrogen and oxygen atoms in total. The molecule has 3 aromatic carbocycles. The van der Waals surface area contributed by atoms with E-state index in [2.05, 4.69) is 5.32 Å². The molecule has 3 rings (SSSR count). The number of benzene rings is 3. The van der Waals surface area contributed by atoms with Gasteiger partial charge in [0, 0.05) is 17.8 Å². The molecule has 0 aromatic heterocycles. The number of nitrogens with one attached hydrogen (secondary N) is 1. The second-order valence-electron chi connectivity index (χ2n) is 6.41. The van der Waals surface area contributed by atoms with Crippen molar-refractivity contribution in [1.29, 1.82) is 0 Å². The second-order valence-corrected chi connectivity index (χ2v) is 7.61. The van der Waals surface area contributed by atoms with E-state index in [0.717, 1.165) is 16.8 Å². The number of halogens is 2. The molecule has 0 aliphatic rings. The molecule has 6 heteroatoms. The number of aromatic hydroxyl groups is 1. The predicted octanol–water partition coefficient (Wildman–Crippen LogP) is 6.66. The Morgan fingerprint density at radius 1 is 1.00 bits per heavy atom. The third kappa shape index (κ3) is 4.96. The lowest BCUT2D eigenvalue weighted by Gasteiger charge is -2.32. The minimum Gasteiger partial charge on any atom is -0.508 e. The van der Waals surface area contributed by atoms with Gasteiger partial charge >= 0.3 is 0 Å². The fourth-order valence-corrected chi connectivity index (χ4v) is 3.58. The number of para-hydroxylation sites is 1. The SMILES string of the molecule is C[C@H](c1ccccc1O)N(Cc1ccccc1)C(=S)Nc1ccc(Cl)c(Cl)c1. The molecule has 3 aromatic rings. The summed E-state index contributed by atoms with van der Waals surface area (Å²) in [4.78, 5) is 2.03. The Bertz CT molecular complexity index is 966. The highest BCUT2D eigenvalue weighted by Gasteiger charge is 2.21. The zero-order valence-electron chi connectivity index (χ0n) is 15.3. The number of phenols is 1. The van der Waals surface area contributed by atoms with Crippen LogP contribution in [0.5, 0.6) is 5.75 Å². The molecule has 0 unspecified atom stereocenters. The summed E-state index contributed by atoms with van der Waals surface area (Å²) in [5.41, 5.74) is 2.67. The molecule has 0 saturated carbocycles. The molecule has 0 amide bonds. The van der Waals surface area contributed by atoms with Crippen molar-refractivity contribution in [2.75, 3.05) is 5.32 Å². The zero-order valence-corrected chi connectivity index (χ0v) is 17.6. The van der Waals surface area contributed by atoms with Crippen molar-refractivity contribution in [2.45, 2.75) is 19.5 Å². The summed E-state index contributed by atoms with van der Waals surface area (Å²) in [5, 5.41) is 15.0. The molecular formula is C22H20Cl2N2OS. The number of anilines is 1. The minimum atomic E-state index is -0.149. The Hall–Kier alpha value is -2.27. The van der Waals surface area contributed by atoms with E-state index < -0.39 is 0 Å². The smallest absolute Gasteiger partial charge is 0.174 e. The highest BCUT2D eigenvalue weighted by atomic mass is 35.5. The molecule has 0 aliphatic carbocycles. The van der Waals surface area contributed by atoms with E-state index in [9.17, 15) is 5.11 Å². The average Bonchev–Trinajstić information content (AvgIpc) is 2.69. The van der Waals surface area contributed by atoms with Crippen LogP contribution in [-0.2, 0) is 6.54 Å². The summed E-state index contributed by atoms with van der Waals surface area (Å²) < 4.78 is 0. The van der Waals surface area contributed by atoms with E-state index in [1.165, 1.54) is 0 Å². The first-order chi connectivity index (χ1) is 13.5. The van der Waals surface area contributed by atoms with Crippen LogP contribution in [0, 0.1) is 0 Å². The number of thiocarbonyl (C=S) groups is 1. The second kappa shape index (κ2) is 9.28. The minimum absolute atomic E-state index is 0.149. The first-order valence-electron chi connectivity index (χ1n) is 8.80. The molecule has 0 heterocycles. The highest BCUT2D eigenvalue weighted by molar-refractivity contribution is 7.80. The maximum Gasteiger partial charge on any atom is 0.174 e. The van der Waals surface area contributed by atoms with Crippen LogP contribution in [0.15, 0.2) is 72.8 Å². The molecule has 0 radical (unpaired) electrons. The average molecular weight is 431 g/mol. The normalized spacial score (nSPS) is 11.7. The summed E-state index contributed by atoms with van der Waals surface area (Å²) in [6, 6.07) is 22.5. The van der Waals surface area contributed by atoms with E-state index in [4.69, 9.17) is 35.4 Å². The highest BCUT2D eigenvalue weighted by Crippen LogP contribution is 2.31. The lowest BCUT2D eigenvalue weighted by atomic mass is 10.1. The lowest BCUT2D eigenvalue weighted by Crippen LogP contribution is -2.36.